The number of carbonyl (C=O) groups is 2. The summed E-state index contributed by atoms with van der Waals surface area (Å²) in [6.07, 6.45) is 0. The van der Waals surface area contributed by atoms with Crippen molar-refractivity contribution >= 4 is 28.8 Å². The summed E-state index contributed by atoms with van der Waals surface area (Å²) in [5.74, 6) is -0.818. The minimum Gasteiger partial charge on any atom is -0.321 e. The van der Waals surface area contributed by atoms with Crippen LogP contribution in [0.2, 0.25) is 0 Å². The van der Waals surface area contributed by atoms with Crippen LogP contribution in [0.4, 0.5) is 11.4 Å². The van der Waals surface area contributed by atoms with Crippen molar-refractivity contribution in [2.24, 2.45) is 5.10 Å². The molecule has 1 heterocycles. The number of ketones is 1. The average molecular weight is 383 g/mol. The highest BCUT2D eigenvalue weighted by atomic mass is 16.2. The Morgan fingerprint density at radius 3 is 1.97 bits per heavy atom. The standard InChI is InChI=1S/C24H21N3O2/c1-17(28)23-21(18-11-5-2-6-12-18)22(24(29)25-19-13-7-3-8-14-19)26-27(23)20-15-9-4-10-16-20/h2-16,21,23H,1H3,(H,25,29). The number of hydrogen-bond acceptors (Lipinski definition) is 4. The molecule has 1 amide bonds. The van der Waals surface area contributed by atoms with Gasteiger partial charge in [0.1, 0.15) is 11.8 Å². The molecule has 1 N–H and O–H groups in total. The van der Waals surface area contributed by atoms with E-state index in [0.29, 0.717) is 11.4 Å². The van der Waals surface area contributed by atoms with Crippen molar-refractivity contribution in [1.82, 2.24) is 0 Å². The van der Waals surface area contributed by atoms with Crippen LogP contribution in [-0.4, -0.2) is 23.4 Å². The monoisotopic (exact) mass is 383 g/mol. The Balaban J connectivity index is 1.78. The van der Waals surface area contributed by atoms with Crippen molar-refractivity contribution in [3.63, 3.8) is 0 Å². The molecule has 0 radical (unpaired) electrons. The van der Waals surface area contributed by atoms with Crippen molar-refractivity contribution in [2.45, 2.75) is 18.9 Å². The van der Waals surface area contributed by atoms with Crippen LogP contribution >= 0.6 is 0 Å². The summed E-state index contributed by atoms with van der Waals surface area (Å²) < 4.78 is 0. The predicted molar refractivity (Wildman–Crippen MR) is 115 cm³/mol. The van der Waals surface area contributed by atoms with Gasteiger partial charge in [0.2, 0.25) is 0 Å². The molecule has 0 saturated heterocycles. The van der Waals surface area contributed by atoms with E-state index in [4.69, 9.17) is 0 Å². The molecule has 0 aromatic heterocycles. The van der Waals surface area contributed by atoms with Crippen LogP contribution in [0.3, 0.4) is 0 Å². The van der Waals surface area contributed by atoms with Gasteiger partial charge in [0.15, 0.2) is 5.78 Å². The zero-order valence-electron chi connectivity index (χ0n) is 16.0. The van der Waals surface area contributed by atoms with Gasteiger partial charge < -0.3 is 5.32 Å². The van der Waals surface area contributed by atoms with Gasteiger partial charge in [-0.25, -0.2) is 0 Å². The highest BCUT2D eigenvalue weighted by Gasteiger charge is 2.44. The van der Waals surface area contributed by atoms with Gasteiger partial charge in [-0.2, -0.15) is 5.10 Å². The number of carbonyl (C=O) groups excluding carboxylic acids is 2. The second-order valence-electron chi connectivity index (χ2n) is 6.93. The largest absolute Gasteiger partial charge is 0.321 e. The van der Waals surface area contributed by atoms with E-state index in [1.54, 1.807) is 11.9 Å². The number of Topliss-reactive ketones (excluding diaryl/α,β-unsaturated/α-hetero) is 1. The summed E-state index contributed by atoms with van der Waals surface area (Å²) in [7, 11) is 0. The molecule has 0 saturated carbocycles. The van der Waals surface area contributed by atoms with Crippen molar-refractivity contribution in [1.29, 1.82) is 0 Å². The van der Waals surface area contributed by atoms with E-state index in [1.807, 2.05) is 91.0 Å². The lowest BCUT2D eigenvalue weighted by Crippen LogP contribution is -2.39. The van der Waals surface area contributed by atoms with Gasteiger partial charge in [-0.15, -0.1) is 0 Å². The fraction of sp³-hybridized carbons (Fsp3) is 0.125. The maximum atomic E-state index is 13.2. The fourth-order valence-electron chi connectivity index (χ4n) is 3.64. The van der Waals surface area contributed by atoms with E-state index in [9.17, 15) is 9.59 Å². The maximum Gasteiger partial charge on any atom is 0.272 e. The molecule has 3 aromatic rings. The highest BCUT2D eigenvalue weighted by molar-refractivity contribution is 6.46. The molecule has 5 heteroatoms. The number of hydrazone groups is 1. The van der Waals surface area contributed by atoms with E-state index in [-0.39, 0.29) is 11.7 Å². The summed E-state index contributed by atoms with van der Waals surface area (Å²) >= 11 is 0. The second kappa shape index (κ2) is 8.10. The Hall–Kier alpha value is -3.73. The number of benzene rings is 3. The Morgan fingerprint density at radius 2 is 1.38 bits per heavy atom. The van der Waals surface area contributed by atoms with Crippen molar-refractivity contribution < 1.29 is 9.59 Å². The molecule has 144 valence electrons. The van der Waals surface area contributed by atoms with Gasteiger partial charge in [-0.05, 0) is 36.8 Å². The molecule has 0 spiro atoms. The van der Waals surface area contributed by atoms with Gasteiger partial charge >= 0.3 is 0 Å². The number of rotatable bonds is 5. The minimum absolute atomic E-state index is 0.0473. The number of anilines is 2. The highest BCUT2D eigenvalue weighted by Crippen LogP contribution is 2.35. The lowest BCUT2D eigenvalue weighted by molar-refractivity contribution is -0.118. The van der Waals surface area contributed by atoms with Gasteiger partial charge in [-0.3, -0.25) is 14.6 Å². The summed E-state index contributed by atoms with van der Waals surface area (Å²) in [5, 5.41) is 9.21. The van der Waals surface area contributed by atoms with Crippen LogP contribution < -0.4 is 10.3 Å². The van der Waals surface area contributed by atoms with Crippen LogP contribution in [0.25, 0.3) is 0 Å². The fourth-order valence-corrected chi connectivity index (χ4v) is 3.64. The normalized spacial score (nSPS) is 18.2. The third kappa shape index (κ3) is 3.80. The molecule has 5 nitrogen and oxygen atoms in total. The third-order valence-electron chi connectivity index (χ3n) is 4.95. The predicted octanol–water partition coefficient (Wildman–Crippen LogP) is 4.24. The summed E-state index contributed by atoms with van der Waals surface area (Å²) in [5.41, 5.74) is 2.66. The number of hydrogen-bond donors (Lipinski definition) is 1. The molecule has 29 heavy (non-hydrogen) atoms. The number of amides is 1. The topological polar surface area (TPSA) is 61.8 Å². The molecule has 0 fully saturated rings. The lowest BCUT2D eigenvalue weighted by Gasteiger charge is -2.26. The Morgan fingerprint density at radius 1 is 0.828 bits per heavy atom. The first-order valence-electron chi connectivity index (χ1n) is 9.50. The number of nitrogens with one attached hydrogen (secondary N) is 1. The van der Waals surface area contributed by atoms with Crippen molar-refractivity contribution in [2.75, 3.05) is 10.3 Å². The molecular weight excluding hydrogens is 362 g/mol. The van der Waals surface area contributed by atoms with Crippen LogP contribution in [0.5, 0.6) is 0 Å². The van der Waals surface area contributed by atoms with Crippen molar-refractivity contribution in [3.8, 4) is 0 Å². The lowest BCUT2D eigenvalue weighted by atomic mass is 9.85. The number of nitrogens with zero attached hydrogens (tertiary/aromatic N) is 2. The first-order chi connectivity index (χ1) is 14.1. The first-order valence-corrected chi connectivity index (χ1v) is 9.50. The van der Waals surface area contributed by atoms with Crippen LogP contribution in [0.15, 0.2) is 96.1 Å². The van der Waals surface area contributed by atoms with Gasteiger partial charge in [0.25, 0.3) is 5.91 Å². The number of para-hydroxylation sites is 2. The Bertz CT molecular complexity index is 1030. The zero-order chi connectivity index (χ0) is 20.2. The van der Waals surface area contributed by atoms with E-state index >= 15 is 0 Å². The van der Waals surface area contributed by atoms with E-state index < -0.39 is 12.0 Å². The van der Waals surface area contributed by atoms with Crippen LogP contribution in [0, 0.1) is 0 Å². The molecule has 0 aliphatic carbocycles. The molecule has 0 bridgehead atoms. The molecular formula is C24H21N3O2. The summed E-state index contributed by atoms with van der Waals surface area (Å²) in [6, 6.07) is 27.7. The molecule has 1 aliphatic heterocycles. The van der Waals surface area contributed by atoms with E-state index in [0.717, 1.165) is 11.3 Å². The zero-order valence-corrected chi connectivity index (χ0v) is 16.0. The average Bonchev–Trinajstić information content (AvgIpc) is 3.17. The molecule has 1 aliphatic rings. The SMILES string of the molecule is CC(=O)C1C(c2ccccc2)C(C(=O)Nc2ccccc2)=NN1c1ccccc1. The molecule has 2 unspecified atom stereocenters. The molecule has 4 rings (SSSR count). The van der Waals surface area contributed by atoms with Crippen molar-refractivity contribution in [3.05, 3.63) is 96.6 Å². The van der Waals surface area contributed by atoms with E-state index in [1.165, 1.54) is 0 Å². The van der Waals surface area contributed by atoms with Gasteiger partial charge in [-0.1, -0.05) is 66.7 Å². The van der Waals surface area contributed by atoms with Crippen LogP contribution in [0.1, 0.15) is 18.4 Å². The minimum atomic E-state index is -0.587. The third-order valence-corrected chi connectivity index (χ3v) is 4.95. The maximum absolute atomic E-state index is 13.2. The van der Waals surface area contributed by atoms with Gasteiger partial charge in [0, 0.05) is 5.69 Å². The molecule has 3 aromatic carbocycles. The quantitative estimate of drug-likeness (QED) is 0.717. The van der Waals surface area contributed by atoms with Crippen LogP contribution in [-0.2, 0) is 9.59 Å². The first kappa shape index (κ1) is 18.6. The summed E-state index contributed by atoms with van der Waals surface area (Å²) in [6.45, 7) is 1.55. The Labute approximate surface area is 169 Å². The smallest absolute Gasteiger partial charge is 0.272 e. The van der Waals surface area contributed by atoms with Gasteiger partial charge in [0.05, 0.1) is 11.6 Å². The van der Waals surface area contributed by atoms with E-state index in [2.05, 4.69) is 10.4 Å². The Kier molecular flexibility index (Phi) is 5.20. The second-order valence-corrected chi connectivity index (χ2v) is 6.93. The summed E-state index contributed by atoms with van der Waals surface area (Å²) in [4.78, 5) is 25.9. The molecule has 2 atom stereocenters.